The molecule has 0 N–H and O–H groups in total. The number of halogens is 1. The summed E-state index contributed by atoms with van der Waals surface area (Å²) in [6.07, 6.45) is 0. The highest BCUT2D eigenvalue weighted by Crippen LogP contribution is 2.24. The second-order valence-corrected chi connectivity index (χ2v) is 4.51. The second-order valence-electron chi connectivity index (χ2n) is 3.72. The van der Waals surface area contributed by atoms with E-state index in [1.165, 1.54) is 0 Å². The maximum atomic E-state index is 11.7. The first-order valence-corrected chi connectivity index (χ1v) is 6.42. The summed E-state index contributed by atoms with van der Waals surface area (Å²) in [5, 5.41) is 4.29. The molecule has 1 aromatic carbocycles. The van der Waals surface area contributed by atoms with Crippen LogP contribution in [-0.2, 0) is 4.74 Å². The molecule has 0 aliphatic rings. The summed E-state index contributed by atoms with van der Waals surface area (Å²) in [7, 11) is 0. The Morgan fingerprint density at radius 3 is 2.67 bits per heavy atom. The van der Waals surface area contributed by atoms with E-state index in [2.05, 4.69) is 21.0 Å². The molecule has 0 spiro atoms. The van der Waals surface area contributed by atoms with E-state index >= 15 is 0 Å². The standard InChI is InChI=1S/C13H13BrN2O2/c1-3-18-13(17)12-11(14)9(2)16(15-12)10-7-5-4-6-8-10/h4-8H,3H2,1-2H3. The van der Waals surface area contributed by atoms with E-state index in [1.54, 1.807) is 11.6 Å². The maximum Gasteiger partial charge on any atom is 0.360 e. The van der Waals surface area contributed by atoms with Gasteiger partial charge in [-0.25, -0.2) is 9.48 Å². The van der Waals surface area contributed by atoms with Crippen LogP contribution in [0.15, 0.2) is 34.8 Å². The molecule has 0 amide bonds. The maximum absolute atomic E-state index is 11.7. The molecular weight excluding hydrogens is 296 g/mol. The zero-order chi connectivity index (χ0) is 13.1. The lowest BCUT2D eigenvalue weighted by molar-refractivity contribution is 0.0518. The number of carbonyl (C=O) groups excluding carboxylic acids is 1. The number of esters is 1. The molecule has 1 aromatic heterocycles. The van der Waals surface area contributed by atoms with Crippen molar-refractivity contribution in [3.8, 4) is 5.69 Å². The van der Waals surface area contributed by atoms with Gasteiger partial charge in [0.1, 0.15) is 0 Å². The second kappa shape index (κ2) is 5.35. The molecule has 2 rings (SSSR count). The number of carbonyl (C=O) groups is 1. The largest absolute Gasteiger partial charge is 0.461 e. The van der Waals surface area contributed by atoms with Gasteiger partial charge in [-0.05, 0) is 41.9 Å². The Bertz CT molecular complexity index is 564. The molecule has 0 saturated carbocycles. The lowest BCUT2D eigenvalue weighted by Crippen LogP contribution is -2.07. The van der Waals surface area contributed by atoms with Crippen molar-refractivity contribution in [2.45, 2.75) is 13.8 Å². The molecule has 0 radical (unpaired) electrons. The molecule has 2 aromatic rings. The van der Waals surface area contributed by atoms with Gasteiger partial charge in [0.15, 0.2) is 5.69 Å². The van der Waals surface area contributed by atoms with Gasteiger partial charge in [-0.1, -0.05) is 18.2 Å². The van der Waals surface area contributed by atoms with Crippen molar-refractivity contribution in [2.75, 3.05) is 6.61 Å². The highest BCUT2D eigenvalue weighted by Gasteiger charge is 2.20. The van der Waals surface area contributed by atoms with Crippen molar-refractivity contribution < 1.29 is 9.53 Å². The monoisotopic (exact) mass is 308 g/mol. The molecule has 0 bridgehead atoms. The Balaban J connectivity index is 2.46. The third-order valence-electron chi connectivity index (χ3n) is 2.51. The average Bonchev–Trinajstić information content (AvgIpc) is 2.68. The Kier molecular flexibility index (Phi) is 3.81. The molecule has 0 saturated heterocycles. The molecule has 0 aliphatic heterocycles. The minimum atomic E-state index is -0.415. The van der Waals surface area contributed by atoms with Crippen LogP contribution in [-0.4, -0.2) is 22.4 Å². The van der Waals surface area contributed by atoms with E-state index in [0.717, 1.165) is 11.4 Å². The minimum absolute atomic E-state index is 0.304. The van der Waals surface area contributed by atoms with E-state index in [4.69, 9.17) is 4.74 Å². The van der Waals surface area contributed by atoms with E-state index < -0.39 is 5.97 Å². The number of hydrogen-bond donors (Lipinski definition) is 0. The van der Waals surface area contributed by atoms with E-state index in [1.807, 2.05) is 37.3 Å². The summed E-state index contributed by atoms with van der Waals surface area (Å²) >= 11 is 3.38. The third kappa shape index (κ3) is 2.31. The fourth-order valence-electron chi connectivity index (χ4n) is 1.63. The number of ether oxygens (including phenoxy) is 1. The smallest absolute Gasteiger partial charge is 0.360 e. The van der Waals surface area contributed by atoms with Gasteiger partial charge >= 0.3 is 5.97 Å². The predicted octanol–water partition coefficient (Wildman–Crippen LogP) is 3.12. The summed E-state index contributed by atoms with van der Waals surface area (Å²) < 4.78 is 7.36. The van der Waals surface area contributed by atoms with Gasteiger partial charge in [0.05, 0.1) is 22.5 Å². The minimum Gasteiger partial charge on any atom is -0.461 e. The van der Waals surface area contributed by atoms with Gasteiger partial charge in [0, 0.05) is 0 Å². The fourth-order valence-corrected chi connectivity index (χ4v) is 2.04. The topological polar surface area (TPSA) is 44.1 Å². The van der Waals surface area contributed by atoms with Crippen molar-refractivity contribution in [1.29, 1.82) is 0 Å². The fraction of sp³-hybridized carbons (Fsp3) is 0.231. The normalized spacial score (nSPS) is 10.4. The molecule has 1 heterocycles. The van der Waals surface area contributed by atoms with Crippen LogP contribution in [0.2, 0.25) is 0 Å². The Labute approximate surface area is 114 Å². The van der Waals surface area contributed by atoms with Crippen LogP contribution >= 0.6 is 15.9 Å². The molecule has 94 valence electrons. The van der Waals surface area contributed by atoms with E-state index in [9.17, 15) is 4.79 Å². The van der Waals surface area contributed by atoms with Crippen molar-refractivity contribution >= 4 is 21.9 Å². The summed E-state index contributed by atoms with van der Waals surface area (Å²) in [5.41, 5.74) is 2.08. The number of para-hydroxylation sites is 1. The Hall–Kier alpha value is -1.62. The van der Waals surface area contributed by atoms with E-state index in [-0.39, 0.29) is 0 Å². The number of benzene rings is 1. The summed E-state index contributed by atoms with van der Waals surface area (Å²) in [5.74, 6) is -0.415. The zero-order valence-corrected chi connectivity index (χ0v) is 11.8. The molecule has 0 atom stereocenters. The first-order valence-electron chi connectivity index (χ1n) is 5.62. The van der Waals surface area contributed by atoms with Crippen LogP contribution in [0.4, 0.5) is 0 Å². The van der Waals surface area contributed by atoms with Crippen molar-refractivity contribution in [3.05, 3.63) is 46.2 Å². The summed E-state index contributed by atoms with van der Waals surface area (Å²) in [6, 6.07) is 9.65. The molecule has 5 heteroatoms. The third-order valence-corrected chi connectivity index (χ3v) is 3.46. The number of rotatable bonds is 3. The highest BCUT2D eigenvalue weighted by molar-refractivity contribution is 9.10. The molecule has 0 fully saturated rings. The molecule has 0 unspecified atom stereocenters. The number of nitrogens with zero attached hydrogens (tertiary/aromatic N) is 2. The van der Waals surface area contributed by atoms with Crippen LogP contribution in [0, 0.1) is 6.92 Å². The van der Waals surface area contributed by atoms with Crippen LogP contribution < -0.4 is 0 Å². The lowest BCUT2D eigenvalue weighted by atomic mass is 10.3. The predicted molar refractivity (Wildman–Crippen MR) is 72.0 cm³/mol. The lowest BCUT2D eigenvalue weighted by Gasteiger charge is -2.02. The van der Waals surface area contributed by atoms with Gasteiger partial charge in [0.25, 0.3) is 0 Å². The van der Waals surface area contributed by atoms with Crippen LogP contribution in [0.1, 0.15) is 23.1 Å². The van der Waals surface area contributed by atoms with Gasteiger partial charge < -0.3 is 4.74 Å². The van der Waals surface area contributed by atoms with Crippen molar-refractivity contribution in [3.63, 3.8) is 0 Å². The quantitative estimate of drug-likeness (QED) is 0.818. The average molecular weight is 309 g/mol. The summed E-state index contributed by atoms with van der Waals surface area (Å²) in [4.78, 5) is 11.7. The van der Waals surface area contributed by atoms with Crippen molar-refractivity contribution in [1.82, 2.24) is 9.78 Å². The Morgan fingerprint density at radius 2 is 2.06 bits per heavy atom. The highest BCUT2D eigenvalue weighted by atomic mass is 79.9. The summed E-state index contributed by atoms with van der Waals surface area (Å²) in [6.45, 7) is 4.00. The van der Waals surface area contributed by atoms with Crippen LogP contribution in [0.5, 0.6) is 0 Å². The molecular formula is C13H13BrN2O2. The first kappa shape index (κ1) is 12.8. The molecule has 18 heavy (non-hydrogen) atoms. The van der Waals surface area contributed by atoms with Gasteiger partial charge in [0.2, 0.25) is 0 Å². The first-order chi connectivity index (χ1) is 8.65. The van der Waals surface area contributed by atoms with Crippen LogP contribution in [0.3, 0.4) is 0 Å². The Morgan fingerprint density at radius 1 is 1.39 bits per heavy atom. The number of hydrogen-bond acceptors (Lipinski definition) is 3. The van der Waals surface area contributed by atoms with Gasteiger partial charge in [-0.3, -0.25) is 0 Å². The molecule has 0 aliphatic carbocycles. The van der Waals surface area contributed by atoms with Gasteiger partial charge in [-0.15, -0.1) is 0 Å². The van der Waals surface area contributed by atoms with E-state index in [0.29, 0.717) is 16.8 Å². The van der Waals surface area contributed by atoms with Crippen molar-refractivity contribution in [2.24, 2.45) is 0 Å². The number of aromatic nitrogens is 2. The zero-order valence-electron chi connectivity index (χ0n) is 10.2. The van der Waals surface area contributed by atoms with Gasteiger partial charge in [-0.2, -0.15) is 5.10 Å². The van der Waals surface area contributed by atoms with Crippen LogP contribution in [0.25, 0.3) is 5.69 Å². The SMILES string of the molecule is CCOC(=O)c1nn(-c2ccccc2)c(C)c1Br. The molecule has 4 nitrogen and oxygen atoms in total.